The van der Waals surface area contributed by atoms with Crippen LogP contribution >= 0.6 is 0 Å². The van der Waals surface area contributed by atoms with Crippen molar-refractivity contribution >= 4 is 21.7 Å². The number of sulfonamides is 1. The molecule has 0 spiro atoms. The topological polar surface area (TPSA) is 109 Å². The molecule has 2 N–H and O–H groups in total. The van der Waals surface area contributed by atoms with E-state index in [0.717, 1.165) is 6.42 Å². The molecule has 0 fully saturated rings. The lowest BCUT2D eigenvalue weighted by Gasteiger charge is -2.17. The maximum Gasteiger partial charge on any atom is 0.333 e. The highest BCUT2D eigenvalue weighted by Crippen LogP contribution is 2.39. The number of urea groups is 1. The monoisotopic (exact) mass is 486 g/mol. The molecule has 2 heterocycles. The van der Waals surface area contributed by atoms with Crippen LogP contribution in [0, 0.1) is 5.82 Å². The number of halogens is 1. The lowest BCUT2D eigenvalue weighted by Crippen LogP contribution is -2.35. The van der Waals surface area contributed by atoms with Gasteiger partial charge in [-0.3, -0.25) is 9.67 Å². The van der Waals surface area contributed by atoms with Crippen LogP contribution in [0.2, 0.25) is 0 Å². The molecule has 1 aliphatic rings. The quantitative estimate of drug-likeness (QED) is 0.531. The standard InChI is InChI=1S/C23H27FN6O3S/c1-4-30-16(14-29(2)3)11-21(27-30)34(32,33)28-23(31)26-22-18-9-5-8-17(18)20(24)12-19(22)15-7-6-10-25-13-15/h6-7,10-13H,4-5,8-9,14H2,1-3H3,(H2,26,28,31). The van der Waals surface area contributed by atoms with Crippen LogP contribution in [-0.4, -0.2) is 48.2 Å². The molecule has 0 unspecified atom stereocenters. The highest BCUT2D eigenvalue weighted by molar-refractivity contribution is 7.90. The van der Waals surface area contributed by atoms with Crippen molar-refractivity contribution in [1.82, 2.24) is 24.4 Å². The van der Waals surface area contributed by atoms with Crippen molar-refractivity contribution in [2.45, 2.75) is 44.3 Å². The molecule has 0 atom stereocenters. The fourth-order valence-electron chi connectivity index (χ4n) is 4.22. The summed E-state index contributed by atoms with van der Waals surface area (Å²) in [6.07, 6.45) is 5.06. The molecule has 1 aliphatic carbocycles. The number of aromatic nitrogens is 3. The summed E-state index contributed by atoms with van der Waals surface area (Å²) < 4.78 is 44.2. The van der Waals surface area contributed by atoms with Gasteiger partial charge in [-0.15, -0.1) is 0 Å². The third-order valence-electron chi connectivity index (χ3n) is 5.68. The van der Waals surface area contributed by atoms with Gasteiger partial charge in [0, 0.05) is 42.7 Å². The zero-order chi connectivity index (χ0) is 24.5. The largest absolute Gasteiger partial charge is 0.333 e. The molecule has 0 bridgehead atoms. The SMILES string of the molecule is CCn1nc(S(=O)(=O)NC(=O)Nc2c(-c3cccnc3)cc(F)c3c2CCC3)cc1CN(C)C. The van der Waals surface area contributed by atoms with E-state index in [4.69, 9.17) is 0 Å². The Bertz CT molecular complexity index is 1320. The van der Waals surface area contributed by atoms with E-state index < -0.39 is 16.1 Å². The van der Waals surface area contributed by atoms with Crippen molar-refractivity contribution in [2.75, 3.05) is 19.4 Å². The summed E-state index contributed by atoms with van der Waals surface area (Å²) >= 11 is 0. The zero-order valence-corrected chi connectivity index (χ0v) is 20.1. The first-order valence-electron chi connectivity index (χ1n) is 11.0. The summed E-state index contributed by atoms with van der Waals surface area (Å²) in [5.41, 5.74) is 3.38. The van der Waals surface area contributed by atoms with Crippen LogP contribution < -0.4 is 10.0 Å². The molecule has 1 aromatic carbocycles. The summed E-state index contributed by atoms with van der Waals surface area (Å²) in [6, 6.07) is 5.35. The minimum atomic E-state index is -4.23. The Morgan fingerprint density at radius 3 is 2.68 bits per heavy atom. The van der Waals surface area contributed by atoms with E-state index in [-0.39, 0.29) is 10.8 Å². The number of aryl methyl sites for hydroxylation is 1. The van der Waals surface area contributed by atoms with Gasteiger partial charge in [-0.1, -0.05) is 6.07 Å². The normalized spacial score (nSPS) is 13.2. The number of fused-ring (bicyclic) bond motifs is 1. The number of carbonyl (C=O) groups excluding carboxylic acids is 1. The summed E-state index contributed by atoms with van der Waals surface area (Å²) in [4.78, 5) is 18.8. The first kappa shape index (κ1) is 23.8. The van der Waals surface area contributed by atoms with Gasteiger partial charge in [0.2, 0.25) is 0 Å². The van der Waals surface area contributed by atoms with Crippen LogP contribution in [0.25, 0.3) is 11.1 Å². The van der Waals surface area contributed by atoms with E-state index in [2.05, 4.69) is 15.4 Å². The van der Waals surface area contributed by atoms with Gasteiger partial charge < -0.3 is 10.2 Å². The van der Waals surface area contributed by atoms with Gasteiger partial charge in [-0.05, 0) is 63.5 Å². The highest BCUT2D eigenvalue weighted by Gasteiger charge is 2.27. The van der Waals surface area contributed by atoms with Crippen LogP contribution in [0.3, 0.4) is 0 Å². The van der Waals surface area contributed by atoms with Crippen LogP contribution in [0.4, 0.5) is 14.9 Å². The van der Waals surface area contributed by atoms with Crippen molar-refractivity contribution in [1.29, 1.82) is 0 Å². The molecule has 3 aromatic rings. The number of carbonyl (C=O) groups is 1. The third-order valence-corrected chi connectivity index (χ3v) is 6.88. The predicted octanol–water partition coefficient (Wildman–Crippen LogP) is 3.16. The van der Waals surface area contributed by atoms with Gasteiger partial charge in [0.05, 0.1) is 11.4 Å². The number of anilines is 1. The van der Waals surface area contributed by atoms with Gasteiger partial charge in [-0.25, -0.2) is 13.9 Å². The van der Waals surface area contributed by atoms with E-state index in [0.29, 0.717) is 59.6 Å². The number of benzene rings is 1. The number of pyridine rings is 1. The molecular weight excluding hydrogens is 459 g/mol. The summed E-state index contributed by atoms with van der Waals surface area (Å²) in [7, 11) is -0.488. The smallest absolute Gasteiger partial charge is 0.306 e. The third kappa shape index (κ3) is 4.80. The Morgan fingerprint density at radius 1 is 1.24 bits per heavy atom. The Labute approximate surface area is 198 Å². The second-order valence-corrected chi connectivity index (χ2v) is 10.0. The first-order valence-corrected chi connectivity index (χ1v) is 12.5. The average molecular weight is 487 g/mol. The van der Waals surface area contributed by atoms with E-state index in [1.54, 1.807) is 29.2 Å². The highest BCUT2D eigenvalue weighted by atomic mass is 32.2. The van der Waals surface area contributed by atoms with Crippen molar-refractivity contribution < 1.29 is 17.6 Å². The van der Waals surface area contributed by atoms with Gasteiger partial charge in [0.25, 0.3) is 10.0 Å². The average Bonchev–Trinajstić information content (AvgIpc) is 3.43. The number of rotatable bonds is 7. The molecule has 11 heteroatoms. The maximum atomic E-state index is 14.8. The Morgan fingerprint density at radius 2 is 2.00 bits per heavy atom. The number of hydrogen-bond donors (Lipinski definition) is 2. The van der Waals surface area contributed by atoms with E-state index in [9.17, 15) is 17.6 Å². The molecule has 2 aromatic heterocycles. The molecule has 9 nitrogen and oxygen atoms in total. The molecule has 2 amide bonds. The zero-order valence-electron chi connectivity index (χ0n) is 19.3. The van der Waals surface area contributed by atoms with Crippen LogP contribution in [0.5, 0.6) is 0 Å². The van der Waals surface area contributed by atoms with Gasteiger partial charge >= 0.3 is 6.03 Å². The van der Waals surface area contributed by atoms with E-state index >= 15 is 0 Å². The molecule has 180 valence electrons. The van der Waals surface area contributed by atoms with Crippen molar-refractivity contribution in [3.05, 3.63) is 59.3 Å². The van der Waals surface area contributed by atoms with E-state index in [1.165, 1.54) is 12.1 Å². The van der Waals surface area contributed by atoms with Gasteiger partial charge in [0.1, 0.15) is 5.82 Å². The maximum absolute atomic E-state index is 14.8. The van der Waals surface area contributed by atoms with Crippen molar-refractivity contribution in [3.8, 4) is 11.1 Å². The van der Waals surface area contributed by atoms with Crippen LogP contribution in [0.15, 0.2) is 41.7 Å². The molecule has 0 radical (unpaired) electrons. The summed E-state index contributed by atoms with van der Waals surface area (Å²) in [5, 5.41) is 6.58. The van der Waals surface area contributed by atoms with Gasteiger partial charge in [-0.2, -0.15) is 13.5 Å². The number of nitrogens with zero attached hydrogens (tertiary/aromatic N) is 4. The Balaban J connectivity index is 1.64. The molecule has 0 saturated carbocycles. The van der Waals surface area contributed by atoms with Crippen LogP contribution in [-0.2, 0) is 36.0 Å². The Kier molecular flexibility index (Phi) is 6.67. The number of hydrogen-bond acceptors (Lipinski definition) is 6. The fourth-order valence-corrected chi connectivity index (χ4v) is 5.12. The summed E-state index contributed by atoms with van der Waals surface area (Å²) in [6.45, 7) is 2.84. The Hall–Kier alpha value is -3.31. The number of amides is 2. The minimum Gasteiger partial charge on any atom is -0.306 e. The van der Waals surface area contributed by atoms with E-state index in [1.807, 2.05) is 30.6 Å². The number of nitrogens with one attached hydrogen (secondary N) is 2. The van der Waals surface area contributed by atoms with Gasteiger partial charge in [0.15, 0.2) is 5.03 Å². The molecular formula is C23H27FN6O3S. The molecule has 0 saturated heterocycles. The molecule has 34 heavy (non-hydrogen) atoms. The first-order chi connectivity index (χ1) is 16.2. The summed E-state index contributed by atoms with van der Waals surface area (Å²) in [5.74, 6) is -0.344. The predicted molar refractivity (Wildman–Crippen MR) is 126 cm³/mol. The lowest BCUT2D eigenvalue weighted by atomic mass is 9.97. The van der Waals surface area contributed by atoms with Crippen molar-refractivity contribution in [2.24, 2.45) is 0 Å². The fraction of sp³-hybridized carbons (Fsp3) is 0.348. The van der Waals surface area contributed by atoms with Crippen LogP contribution in [0.1, 0.15) is 30.2 Å². The second-order valence-electron chi connectivity index (χ2n) is 8.42. The second kappa shape index (κ2) is 9.51. The molecule has 4 rings (SSSR count). The lowest BCUT2D eigenvalue weighted by molar-refractivity contribution is 0.256. The van der Waals surface area contributed by atoms with Crippen molar-refractivity contribution in [3.63, 3.8) is 0 Å². The molecule has 0 aliphatic heterocycles. The minimum absolute atomic E-state index is 0.238.